The second kappa shape index (κ2) is 49.4. The molecule has 12 atom stereocenters. The number of carboxylic acids is 1. The average molecular weight is 1830 g/mol. The van der Waals surface area contributed by atoms with Crippen LogP contribution in [0.2, 0.25) is 0 Å². The number of aliphatic hydroxyl groups is 1. The Hall–Kier alpha value is -13.4. The zero-order chi connectivity index (χ0) is 96.0. The number of rotatable bonds is 23. The van der Waals surface area contributed by atoms with Crippen molar-refractivity contribution in [2.75, 3.05) is 66.4 Å². The topological polar surface area (TPSA) is 503 Å². The number of H-pyrrole nitrogens is 1. The van der Waals surface area contributed by atoms with Crippen molar-refractivity contribution in [3.05, 3.63) is 203 Å². The molecule has 704 valence electrons. The number of aromatic hydroxyl groups is 2. The molecule has 35 nitrogen and oxygen atoms in total. The van der Waals surface area contributed by atoms with Crippen LogP contribution in [-0.2, 0) is 110 Å². The number of nitrogens with zero attached hydrogens (tertiary/aromatic N) is 5. The molecule has 1 saturated heterocycles. The number of carbonyl (C=O) groups excluding carboxylic acids is 14. The lowest BCUT2D eigenvalue weighted by Gasteiger charge is -2.37. The standard InChI is InChI=1S/C93H118F2N16O19S/c1-11-12-27-74-91(128)108(7)50-79(116)100-70(46-81(118)119)87(124)106-82(54(4)5)93(130)110(9)75(42-55-21-15-13-16-22-55)88(125)104-71(40-58-30-34-64(113)35-31-58)89(126)107(6)49-78(115)99-69(44-60-47-97-66-26-20-19-25-65(60)66)86(123)103-68(39-57-28-32-63(112)33-29-57)85(122)102-67(36-53(2)3)84(121)105-73(83(120)98-48-77(96)114)51-131-52-80(117)101-72(41-59-37-61(94)45-62(95)38-59)90(127)111(10)76(92(129)109(74)8)43-56-23-17-14-18-24-56/h13-26,28-35,37-38,45,47,53-54,67-76,82,85,97,102,112-113,122H,11-12,27,36,39-44,46,48-52H2,1-10H3,(H2,96,114)(H,98,120)(H,99,115)(H,100,116)(H,101,117)(H,103,123)(H,104,125)(H,105,121)(H,106,124)(H,118,119)/t67-,68-,69-,70-,71-,72-,73-,74-,75-,76-,82-,85?/m0/s1. The SMILES string of the molecule is CCCC[C@H]1C(=O)N(C)CC(=O)N[C@@H](CC(=O)O)C(=O)N[C@@H](C(C)C)C(=O)N(C)[C@@H](Cc2ccccc2)C(=O)N[C@@H](Cc2ccc(O)cc2)C(=O)N(C)CC(=O)N[C@@H](Cc2c[nH]c3ccccc23)C(=O)N[C@@H](Cc2ccc(O)cc2)C(O)N[C@@H](CC(C)C)C(=O)N[C@H](C(=O)NCC(N)=O)CSCC(=O)N[C@@H](Cc2cc(F)cc(F)c2)C(=O)N(C)[C@@H](Cc2ccccc2)C(=O)N1C. The van der Waals surface area contributed by atoms with Crippen molar-refractivity contribution in [1.29, 1.82) is 0 Å². The van der Waals surface area contributed by atoms with E-state index >= 15 is 42.3 Å². The summed E-state index contributed by atoms with van der Waals surface area (Å²) in [4.78, 5) is 228. The first-order chi connectivity index (χ1) is 62.2. The number of amides is 14. The predicted octanol–water partition coefficient (Wildman–Crippen LogP) is 2.40. The summed E-state index contributed by atoms with van der Waals surface area (Å²) in [7, 11) is 6.26. The van der Waals surface area contributed by atoms with Crippen LogP contribution in [0.4, 0.5) is 8.78 Å². The molecule has 6 aromatic carbocycles. The maximum Gasteiger partial charge on any atom is 0.305 e. The molecule has 8 rings (SSSR count). The number of aliphatic carboxylic acids is 1. The minimum atomic E-state index is -1.94. The van der Waals surface area contributed by atoms with E-state index in [4.69, 9.17) is 5.73 Å². The molecule has 14 amide bonds. The van der Waals surface area contributed by atoms with Crippen molar-refractivity contribution < 1.29 is 101 Å². The van der Waals surface area contributed by atoms with Gasteiger partial charge in [0, 0.05) is 96.3 Å². The Labute approximate surface area is 762 Å². The van der Waals surface area contributed by atoms with Crippen LogP contribution in [0.25, 0.3) is 10.9 Å². The van der Waals surface area contributed by atoms with E-state index in [1.165, 1.54) is 83.8 Å². The highest BCUT2D eigenvalue weighted by atomic mass is 32.2. The largest absolute Gasteiger partial charge is 0.508 e. The minimum Gasteiger partial charge on any atom is -0.508 e. The van der Waals surface area contributed by atoms with Gasteiger partial charge in [0.25, 0.3) is 0 Å². The number of aromatic nitrogens is 1. The molecule has 1 aromatic heterocycles. The van der Waals surface area contributed by atoms with Crippen LogP contribution >= 0.6 is 11.8 Å². The summed E-state index contributed by atoms with van der Waals surface area (Å²) in [6, 6.07) is 20.2. The molecule has 7 aromatic rings. The molecule has 0 spiro atoms. The van der Waals surface area contributed by atoms with Gasteiger partial charge in [0.2, 0.25) is 82.7 Å². The Balaban J connectivity index is 1.22. The Morgan fingerprint density at radius 2 is 1.02 bits per heavy atom. The number of halogens is 2. The van der Waals surface area contributed by atoms with E-state index in [0.717, 1.165) is 48.4 Å². The van der Waals surface area contributed by atoms with Gasteiger partial charge >= 0.3 is 5.97 Å². The van der Waals surface area contributed by atoms with Gasteiger partial charge in [0.15, 0.2) is 0 Å². The minimum absolute atomic E-state index is 0.0390. The van der Waals surface area contributed by atoms with E-state index < -0.39 is 223 Å². The van der Waals surface area contributed by atoms with Crippen LogP contribution in [0.1, 0.15) is 100 Å². The Bertz CT molecular complexity index is 5130. The van der Waals surface area contributed by atoms with Crippen LogP contribution in [0.3, 0.4) is 0 Å². The zero-order valence-corrected chi connectivity index (χ0v) is 75.6. The molecule has 0 aliphatic carbocycles. The van der Waals surface area contributed by atoms with Crippen molar-refractivity contribution in [2.45, 2.75) is 178 Å². The second-order valence-corrected chi connectivity index (χ2v) is 34.5. The highest BCUT2D eigenvalue weighted by molar-refractivity contribution is 8.00. The molecule has 0 bridgehead atoms. The van der Waals surface area contributed by atoms with E-state index in [-0.39, 0.29) is 67.9 Å². The van der Waals surface area contributed by atoms with Gasteiger partial charge in [-0.3, -0.25) is 77.2 Å². The van der Waals surface area contributed by atoms with Crippen molar-refractivity contribution in [3.8, 4) is 11.5 Å². The lowest BCUT2D eigenvalue weighted by atomic mass is 9.98. The monoisotopic (exact) mass is 1830 g/mol. The third-order valence-corrected chi connectivity index (χ3v) is 23.3. The van der Waals surface area contributed by atoms with Crippen LogP contribution in [0, 0.1) is 23.5 Å². The molecule has 1 aliphatic heterocycles. The van der Waals surface area contributed by atoms with Gasteiger partial charge in [-0.2, -0.15) is 0 Å². The molecular formula is C93H118F2N16O19S. The molecule has 2 heterocycles. The summed E-state index contributed by atoms with van der Waals surface area (Å²) in [5.41, 5.74) is 8.30. The Morgan fingerprint density at radius 3 is 1.59 bits per heavy atom. The van der Waals surface area contributed by atoms with Gasteiger partial charge in [-0.25, -0.2) is 8.78 Å². The number of phenols is 2. The molecule has 1 unspecified atom stereocenters. The summed E-state index contributed by atoms with van der Waals surface area (Å²) in [6.07, 6.45) is -2.55. The molecule has 0 saturated carbocycles. The van der Waals surface area contributed by atoms with Crippen LogP contribution in [-0.4, -0.2) is 278 Å². The Kier molecular flexibility index (Phi) is 38.9. The van der Waals surface area contributed by atoms with Crippen LogP contribution in [0.15, 0.2) is 158 Å². The number of phenolic OH excluding ortho intramolecular Hbond substituents is 2. The summed E-state index contributed by atoms with van der Waals surface area (Å²) in [5, 5.41) is 68.1. The van der Waals surface area contributed by atoms with Gasteiger partial charge in [-0.05, 0) is 107 Å². The van der Waals surface area contributed by atoms with E-state index in [9.17, 15) is 58.8 Å². The van der Waals surface area contributed by atoms with Gasteiger partial charge in [-0.15, -0.1) is 11.8 Å². The first kappa shape index (κ1) is 103. The summed E-state index contributed by atoms with van der Waals surface area (Å²) in [5.74, 6) is -19.6. The molecule has 1 aliphatic rings. The van der Waals surface area contributed by atoms with E-state index in [0.29, 0.717) is 57.6 Å². The molecular weight excluding hydrogens is 1720 g/mol. The van der Waals surface area contributed by atoms with Crippen LogP contribution < -0.4 is 53.6 Å². The van der Waals surface area contributed by atoms with Crippen molar-refractivity contribution in [3.63, 3.8) is 0 Å². The van der Waals surface area contributed by atoms with Crippen LogP contribution in [0.5, 0.6) is 11.5 Å². The number of benzene rings is 6. The van der Waals surface area contributed by atoms with Gasteiger partial charge in [-0.1, -0.05) is 151 Å². The summed E-state index contributed by atoms with van der Waals surface area (Å²) >= 11 is 0.731. The number of aromatic amines is 1. The number of para-hydroxylation sites is 1. The molecule has 131 heavy (non-hydrogen) atoms. The number of hydrogen-bond donors (Lipinski definition) is 15. The third kappa shape index (κ3) is 31.2. The number of thioether (sulfide) groups is 1. The van der Waals surface area contributed by atoms with E-state index in [1.54, 1.807) is 126 Å². The summed E-state index contributed by atoms with van der Waals surface area (Å²) in [6.45, 7) is 5.99. The fourth-order valence-corrected chi connectivity index (χ4v) is 16.1. The quantitative estimate of drug-likeness (QED) is 0.0437. The highest BCUT2D eigenvalue weighted by Gasteiger charge is 2.42. The predicted molar refractivity (Wildman–Crippen MR) is 483 cm³/mol. The third-order valence-electron chi connectivity index (χ3n) is 22.3. The maximum absolute atomic E-state index is 15.5. The maximum atomic E-state index is 15.5. The van der Waals surface area contributed by atoms with Crippen molar-refractivity contribution in [2.24, 2.45) is 17.6 Å². The second-order valence-electron chi connectivity index (χ2n) is 33.5. The molecule has 0 radical (unpaired) electrons. The number of nitrogens with two attached hydrogens (primary N) is 1. The number of unbranched alkanes of at least 4 members (excludes halogenated alkanes) is 1. The number of nitrogens with one attached hydrogen (secondary N) is 10. The number of likely N-dealkylation sites (N-methyl/N-ethyl adjacent to an activating group) is 5. The molecule has 38 heteroatoms. The lowest BCUT2D eigenvalue weighted by Crippen LogP contribution is -2.61. The number of aliphatic hydroxyl groups excluding tert-OH is 1. The van der Waals surface area contributed by atoms with E-state index in [2.05, 4.69) is 52.8 Å². The number of fused-ring (bicyclic) bond motifs is 1. The smallest absolute Gasteiger partial charge is 0.305 e. The fourth-order valence-electron chi connectivity index (χ4n) is 15.2. The van der Waals surface area contributed by atoms with Gasteiger partial charge in [0.05, 0.1) is 43.9 Å². The van der Waals surface area contributed by atoms with Crippen molar-refractivity contribution in [1.82, 2.24) is 77.3 Å². The number of carbonyl (C=O) groups is 15. The molecule has 1 fully saturated rings. The normalized spacial score (nSPS) is 22.4. The fraction of sp³-hybridized carbons (Fsp3) is 0.430. The van der Waals surface area contributed by atoms with Gasteiger partial charge < -0.3 is 98.2 Å². The molecule has 16 N–H and O–H groups in total. The number of hydrogen-bond acceptors (Lipinski definition) is 20. The average Bonchev–Trinajstić information content (AvgIpc) is 1.41. The first-order valence-corrected chi connectivity index (χ1v) is 44.2. The zero-order valence-electron chi connectivity index (χ0n) is 74.8. The Morgan fingerprint density at radius 1 is 0.511 bits per heavy atom. The first-order valence-electron chi connectivity index (χ1n) is 43.0. The number of primary amides is 1. The highest BCUT2D eigenvalue weighted by Crippen LogP contribution is 2.25. The van der Waals surface area contributed by atoms with Crippen molar-refractivity contribution >= 4 is 111 Å². The summed E-state index contributed by atoms with van der Waals surface area (Å²) < 4.78 is 30.2. The van der Waals surface area contributed by atoms with Gasteiger partial charge in [0.1, 0.15) is 83.7 Å². The lowest BCUT2D eigenvalue weighted by molar-refractivity contribution is -0.151. The number of carboxylic acid groups (broad SMARTS) is 1. The van der Waals surface area contributed by atoms with E-state index in [1.807, 2.05) is 0 Å².